The van der Waals surface area contributed by atoms with Crippen molar-refractivity contribution in [2.45, 2.75) is 24.7 Å². The van der Waals surface area contributed by atoms with Crippen molar-refractivity contribution < 1.29 is 9.90 Å². The molecule has 0 bridgehead atoms. The van der Waals surface area contributed by atoms with Gasteiger partial charge < -0.3 is 10.8 Å². The Bertz CT molecular complexity index is 352. The minimum atomic E-state index is -0.938. The minimum absolute atomic E-state index is 0.243. The third-order valence-corrected chi connectivity index (χ3v) is 3.19. The van der Waals surface area contributed by atoms with Gasteiger partial charge in [-0.15, -0.1) is 11.8 Å². The van der Waals surface area contributed by atoms with Crippen molar-refractivity contribution >= 4 is 23.4 Å². The van der Waals surface area contributed by atoms with Gasteiger partial charge in [-0.25, -0.2) is 4.79 Å². The van der Waals surface area contributed by atoms with E-state index in [0.29, 0.717) is 5.69 Å². The number of anilines is 1. The third-order valence-electron chi connectivity index (χ3n) is 2.01. The van der Waals surface area contributed by atoms with Crippen LogP contribution in [0, 0.1) is 0 Å². The molecule has 1 rings (SSSR count). The van der Waals surface area contributed by atoms with Crippen molar-refractivity contribution in [1.82, 2.24) is 0 Å². The highest BCUT2D eigenvalue weighted by Gasteiger charge is 2.06. The molecule has 0 radical (unpaired) electrons. The number of unbranched alkanes of at least 4 members (excludes halogenated alkanes) is 1. The Labute approximate surface area is 93.7 Å². The van der Waals surface area contributed by atoms with E-state index in [1.807, 2.05) is 0 Å². The first-order chi connectivity index (χ1) is 7.15. The van der Waals surface area contributed by atoms with Crippen LogP contribution in [0.5, 0.6) is 0 Å². The summed E-state index contributed by atoms with van der Waals surface area (Å²) in [7, 11) is 0. The van der Waals surface area contributed by atoms with Crippen molar-refractivity contribution in [3.8, 4) is 0 Å². The zero-order valence-electron chi connectivity index (χ0n) is 8.69. The molecule has 0 amide bonds. The van der Waals surface area contributed by atoms with Gasteiger partial charge in [-0.3, -0.25) is 0 Å². The van der Waals surface area contributed by atoms with Crippen LogP contribution >= 0.6 is 11.8 Å². The number of benzene rings is 1. The van der Waals surface area contributed by atoms with Crippen molar-refractivity contribution in [2.75, 3.05) is 11.5 Å². The maximum Gasteiger partial charge on any atom is 0.335 e. The van der Waals surface area contributed by atoms with Crippen molar-refractivity contribution in [2.24, 2.45) is 0 Å². The van der Waals surface area contributed by atoms with Gasteiger partial charge in [-0.2, -0.15) is 0 Å². The van der Waals surface area contributed by atoms with Gasteiger partial charge in [0.05, 0.1) is 5.56 Å². The second-order valence-electron chi connectivity index (χ2n) is 3.26. The topological polar surface area (TPSA) is 63.3 Å². The molecule has 0 saturated carbocycles. The molecule has 3 nitrogen and oxygen atoms in total. The fourth-order valence-corrected chi connectivity index (χ4v) is 2.18. The number of nitrogen functional groups attached to an aromatic ring is 1. The normalized spacial score (nSPS) is 10.2. The van der Waals surface area contributed by atoms with E-state index < -0.39 is 5.97 Å². The number of aromatic carboxylic acids is 1. The standard InChI is InChI=1S/C11H15NO2S/c1-2-3-6-15-10-5-4-8(11(13)14)7-9(10)12/h4-5,7H,2-3,6,12H2,1H3,(H,13,14). The van der Waals surface area contributed by atoms with E-state index in [4.69, 9.17) is 10.8 Å². The number of carboxylic acid groups (broad SMARTS) is 1. The van der Waals surface area contributed by atoms with Crippen LogP contribution in [-0.2, 0) is 0 Å². The summed E-state index contributed by atoms with van der Waals surface area (Å²) >= 11 is 1.67. The van der Waals surface area contributed by atoms with Crippen molar-refractivity contribution in [3.05, 3.63) is 23.8 Å². The van der Waals surface area contributed by atoms with E-state index >= 15 is 0 Å². The molecule has 0 unspecified atom stereocenters. The summed E-state index contributed by atoms with van der Waals surface area (Å²) in [6.45, 7) is 2.14. The van der Waals surface area contributed by atoms with Crippen LogP contribution in [-0.4, -0.2) is 16.8 Å². The Kier molecular flexibility index (Phi) is 4.49. The quantitative estimate of drug-likeness (QED) is 0.459. The Morgan fingerprint density at radius 3 is 2.80 bits per heavy atom. The molecule has 0 aliphatic rings. The number of carbonyl (C=O) groups is 1. The first-order valence-corrected chi connectivity index (χ1v) is 5.89. The Hall–Kier alpha value is -1.16. The molecule has 0 heterocycles. The summed E-state index contributed by atoms with van der Waals surface area (Å²) in [4.78, 5) is 11.6. The van der Waals surface area contributed by atoms with Crippen LogP contribution in [0.3, 0.4) is 0 Å². The first-order valence-electron chi connectivity index (χ1n) is 4.90. The van der Waals surface area contributed by atoms with Crippen LogP contribution in [0.1, 0.15) is 30.1 Å². The first kappa shape index (κ1) is 11.9. The smallest absolute Gasteiger partial charge is 0.335 e. The van der Waals surface area contributed by atoms with Crippen LogP contribution in [0.4, 0.5) is 5.69 Å². The second kappa shape index (κ2) is 5.66. The van der Waals surface area contributed by atoms with E-state index in [-0.39, 0.29) is 5.56 Å². The van der Waals surface area contributed by atoms with Gasteiger partial charge in [0.1, 0.15) is 0 Å². The predicted octanol–water partition coefficient (Wildman–Crippen LogP) is 2.86. The number of hydrogen-bond donors (Lipinski definition) is 2. The Balaban J connectivity index is 2.70. The van der Waals surface area contributed by atoms with E-state index in [1.165, 1.54) is 6.07 Å². The van der Waals surface area contributed by atoms with E-state index in [1.54, 1.807) is 23.9 Å². The van der Waals surface area contributed by atoms with E-state index in [2.05, 4.69) is 6.92 Å². The molecule has 0 aliphatic carbocycles. The molecule has 0 aromatic heterocycles. The lowest BCUT2D eigenvalue weighted by Gasteiger charge is -2.05. The summed E-state index contributed by atoms with van der Waals surface area (Å²) in [6.07, 6.45) is 2.30. The summed E-state index contributed by atoms with van der Waals surface area (Å²) in [5, 5.41) is 8.75. The van der Waals surface area contributed by atoms with Crippen LogP contribution in [0.25, 0.3) is 0 Å². The largest absolute Gasteiger partial charge is 0.478 e. The number of rotatable bonds is 5. The minimum Gasteiger partial charge on any atom is -0.478 e. The number of thioether (sulfide) groups is 1. The van der Waals surface area contributed by atoms with Gasteiger partial charge in [-0.1, -0.05) is 13.3 Å². The maximum absolute atomic E-state index is 10.7. The zero-order valence-corrected chi connectivity index (χ0v) is 9.51. The van der Waals surface area contributed by atoms with Crippen molar-refractivity contribution in [1.29, 1.82) is 0 Å². The Morgan fingerprint density at radius 2 is 2.27 bits per heavy atom. The van der Waals surface area contributed by atoms with Crippen LogP contribution < -0.4 is 5.73 Å². The Morgan fingerprint density at radius 1 is 1.53 bits per heavy atom. The molecule has 15 heavy (non-hydrogen) atoms. The fraction of sp³-hybridized carbons (Fsp3) is 0.364. The predicted molar refractivity (Wildman–Crippen MR) is 63.4 cm³/mol. The zero-order chi connectivity index (χ0) is 11.3. The number of nitrogens with two attached hydrogens (primary N) is 1. The van der Waals surface area contributed by atoms with Gasteiger partial charge >= 0.3 is 5.97 Å². The molecule has 3 N–H and O–H groups in total. The highest BCUT2D eigenvalue weighted by Crippen LogP contribution is 2.26. The van der Waals surface area contributed by atoms with Crippen LogP contribution in [0.2, 0.25) is 0 Å². The molecule has 4 heteroatoms. The molecule has 0 aliphatic heterocycles. The monoisotopic (exact) mass is 225 g/mol. The van der Waals surface area contributed by atoms with Gasteiger partial charge in [0.15, 0.2) is 0 Å². The third kappa shape index (κ3) is 3.47. The average Bonchev–Trinajstić information content (AvgIpc) is 2.20. The molecule has 0 atom stereocenters. The summed E-state index contributed by atoms with van der Waals surface area (Å²) < 4.78 is 0. The molecule has 82 valence electrons. The van der Waals surface area contributed by atoms with Gasteiger partial charge in [-0.05, 0) is 30.4 Å². The lowest BCUT2D eigenvalue weighted by molar-refractivity contribution is 0.0697. The highest BCUT2D eigenvalue weighted by atomic mass is 32.2. The molecule has 0 spiro atoms. The van der Waals surface area contributed by atoms with E-state index in [9.17, 15) is 4.79 Å². The molecule has 1 aromatic rings. The SMILES string of the molecule is CCCCSc1ccc(C(=O)O)cc1N. The van der Waals surface area contributed by atoms with E-state index in [0.717, 1.165) is 23.5 Å². The van der Waals surface area contributed by atoms with Crippen LogP contribution in [0.15, 0.2) is 23.1 Å². The summed E-state index contributed by atoms with van der Waals surface area (Å²) in [5.74, 6) is 0.0828. The molecule has 0 saturated heterocycles. The fourth-order valence-electron chi connectivity index (χ4n) is 1.14. The molecule has 0 fully saturated rings. The average molecular weight is 225 g/mol. The van der Waals surface area contributed by atoms with Gasteiger partial charge in [0.25, 0.3) is 0 Å². The molecule has 1 aromatic carbocycles. The summed E-state index contributed by atoms with van der Waals surface area (Å²) in [6, 6.07) is 4.88. The molecular formula is C11H15NO2S. The highest BCUT2D eigenvalue weighted by molar-refractivity contribution is 7.99. The van der Waals surface area contributed by atoms with Gasteiger partial charge in [0, 0.05) is 10.6 Å². The second-order valence-corrected chi connectivity index (χ2v) is 4.40. The maximum atomic E-state index is 10.7. The summed E-state index contributed by atoms with van der Waals surface area (Å²) in [5.41, 5.74) is 6.55. The lowest BCUT2D eigenvalue weighted by Crippen LogP contribution is -1.98. The lowest BCUT2D eigenvalue weighted by atomic mass is 10.2. The van der Waals surface area contributed by atoms with Crippen molar-refractivity contribution in [3.63, 3.8) is 0 Å². The van der Waals surface area contributed by atoms with Gasteiger partial charge in [0.2, 0.25) is 0 Å². The molecular weight excluding hydrogens is 210 g/mol. The number of carboxylic acids is 1. The number of hydrogen-bond acceptors (Lipinski definition) is 3.